The maximum absolute atomic E-state index is 12.5. The fourth-order valence-electron chi connectivity index (χ4n) is 5.25. The Morgan fingerprint density at radius 3 is 1.33 bits per heavy atom. The number of nitrogens with two attached hydrogens (primary N) is 1. The number of allylic oxidation sites excluding steroid dienone is 8. The van der Waals surface area contributed by atoms with Crippen molar-refractivity contribution in [2.75, 3.05) is 19.8 Å². The number of carboxylic acid groups (broad SMARTS) is 1. The van der Waals surface area contributed by atoms with Crippen LogP contribution in [0.25, 0.3) is 0 Å². The molecule has 0 aliphatic rings. The number of rotatable bonds is 38. The molecule has 2 unspecified atom stereocenters. The number of carboxylic acids is 1. The second kappa shape index (κ2) is 37.4. The molecule has 0 radical (unpaired) electrons. The van der Waals surface area contributed by atoms with Crippen LogP contribution in [-0.2, 0) is 37.5 Å². The molecule has 12 heteroatoms. The lowest BCUT2D eigenvalue weighted by molar-refractivity contribution is -0.152. The van der Waals surface area contributed by atoms with Crippen LogP contribution in [0.2, 0.25) is 0 Å². The van der Waals surface area contributed by atoms with E-state index in [9.17, 15) is 23.8 Å². The lowest BCUT2D eigenvalue weighted by atomic mass is 10.1. The minimum Gasteiger partial charge on any atom is -0.480 e. The van der Waals surface area contributed by atoms with E-state index in [-0.39, 0.29) is 12.8 Å². The summed E-state index contributed by atoms with van der Waals surface area (Å²) in [5.74, 6) is -2.43. The summed E-state index contributed by atoms with van der Waals surface area (Å²) in [6.07, 6.45) is 40.1. The monoisotopic (exact) mass is 784 g/mol. The lowest BCUT2D eigenvalue weighted by Gasteiger charge is -2.21. The molecule has 11 nitrogen and oxygen atoms in total. The van der Waals surface area contributed by atoms with Crippen LogP contribution in [-0.4, -0.2) is 59.9 Å². The molecule has 0 bridgehead atoms. The van der Waals surface area contributed by atoms with Crippen molar-refractivity contribution in [3.8, 4) is 0 Å². The molecule has 0 aromatic carbocycles. The predicted molar refractivity (Wildman–Crippen MR) is 217 cm³/mol. The fourth-order valence-corrected chi connectivity index (χ4v) is 6.16. The van der Waals surface area contributed by atoms with Gasteiger partial charge in [0.2, 0.25) is 0 Å². The van der Waals surface area contributed by atoms with Gasteiger partial charge in [-0.1, -0.05) is 127 Å². The summed E-state index contributed by atoms with van der Waals surface area (Å²) in [6, 6.07) is -1.55. The molecule has 0 aliphatic carbocycles. The van der Waals surface area contributed by atoms with Crippen LogP contribution in [0.1, 0.15) is 168 Å². The van der Waals surface area contributed by atoms with E-state index in [1.807, 2.05) is 0 Å². The zero-order valence-electron chi connectivity index (χ0n) is 33.6. The smallest absolute Gasteiger partial charge is 0.472 e. The summed E-state index contributed by atoms with van der Waals surface area (Å²) in [6.45, 7) is 2.74. The summed E-state index contributed by atoms with van der Waals surface area (Å²) in [5, 5.41) is 8.92. The Kier molecular flexibility index (Phi) is 35.6. The molecule has 0 aromatic rings. The third-order valence-corrected chi connectivity index (χ3v) is 9.58. The van der Waals surface area contributed by atoms with Crippen LogP contribution < -0.4 is 5.73 Å². The van der Waals surface area contributed by atoms with Crippen molar-refractivity contribution < 1.29 is 47.5 Å². The van der Waals surface area contributed by atoms with Crippen LogP contribution in [0.5, 0.6) is 0 Å². The normalized spacial score (nSPS) is 13.8. The number of carbonyl (C=O) groups excluding carboxylic acids is 2. The van der Waals surface area contributed by atoms with Crippen molar-refractivity contribution in [2.45, 2.75) is 180 Å². The highest BCUT2D eigenvalue weighted by Crippen LogP contribution is 2.44. The third-order valence-electron chi connectivity index (χ3n) is 8.54. The van der Waals surface area contributed by atoms with Gasteiger partial charge in [0, 0.05) is 12.8 Å². The van der Waals surface area contributed by atoms with E-state index in [1.165, 1.54) is 38.5 Å². The van der Waals surface area contributed by atoms with E-state index in [4.69, 9.17) is 29.4 Å². The largest absolute Gasteiger partial charge is 0.480 e. The number of ether oxygens (including phenoxy) is 2. The van der Waals surface area contributed by atoms with Gasteiger partial charge in [-0.25, -0.2) is 4.57 Å². The van der Waals surface area contributed by atoms with Gasteiger partial charge in [-0.15, -0.1) is 0 Å². The van der Waals surface area contributed by atoms with E-state index in [1.54, 1.807) is 0 Å². The van der Waals surface area contributed by atoms with Gasteiger partial charge in [-0.05, 0) is 77.0 Å². The Balaban J connectivity index is 4.41. The van der Waals surface area contributed by atoms with Crippen LogP contribution in [0, 0.1) is 0 Å². The van der Waals surface area contributed by atoms with E-state index in [2.05, 4.69) is 62.5 Å². The lowest BCUT2D eigenvalue weighted by Crippen LogP contribution is -2.35. The highest BCUT2D eigenvalue weighted by Gasteiger charge is 2.30. The highest BCUT2D eigenvalue weighted by molar-refractivity contribution is 7.47. The molecule has 4 N–H and O–H groups in total. The number of unbranched alkanes of at least 4 members (excludes halogenated alkanes) is 16. The van der Waals surface area contributed by atoms with Crippen LogP contribution in [0.15, 0.2) is 48.6 Å². The molecule has 54 heavy (non-hydrogen) atoms. The first-order chi connectivity index (χ1) is 26.1. The quantitative estimate of drug-likeness (QED) is 0.0235. The zero-order chi connectivity index (χ0) is 40.0. The van der Waals surface area contributed by atoms with Crippen molar-refractivity contribution in [1.29, 1.82) is 0 Å². The van der Waals surface area contributed by atoms with Crippen LogP contribution in [0.4, 0.5) is 0 Å². The van der Waals surface area contributed by atoms with Gasteiger partial charge in [0.25, 0.3) is 0 Å². The van der Waals surface area contributed by atoms with Gasteiger partial charge < -0.3 is 25.2 Å². The number of hydrogen-bond acceptors (Lipinski definition) is 9. The molecule has 0 amide bonds. The Labute approximate surface area is 326 Å². The molecule has 0 spiro atoms. The Hall–Kier alpha value is -2.56. The molecule has 0 aromatic heterocycles. The number of esters is 2. The minimum absolute atomic E-state index is 0.171. The van der Waals surface area contributed by atoms with Gasteiger partial charge in [-0.2, -0.15) is 0 Å². The second-order valence-corrected chi connectivity index (χ2v) is 15.2. The minimum atomic E-state index is -4.81. The molecular weight excluding hydrogens is 709 g/mol. The summed E-state index contributed by atoms with van der Waals surface area (Å²) < 4.78 is 32.8. The molecule has 312 valence electrons. The predicted octanol–water partition coefficient (Wildman–Crippen LogP) is 10.6. The Bertz CT molecular complexity index is 1040. The summed E-state index contributed by atoms with van der Waals surface area (Å²) in [5.41, 5.74) is 5.35. The Morgan fingerprint density at radius 2 is 0.944 bits per heavy atom. The van der Waals surface area contributed by atoms with Gasteiger partial charge in [0.15, 0.2) is 0 Å². The number of hydrogen-bond donors (Lipinski definition) is 3. The van der Waals surface area contributed by atoms with Crippen LogP contribution >= 0.6 is 7.82 Å². The van der Waals surface area contributed by atoms with E-state index >= 15 is 0 Å². The van der Waals surface area contributed by atoms with Crippen molar-refractivity contribution in [1.82, 2.24) is 0 Å². The van der Waals surface area contributed by atoms with Gasteiger partial charge in [0.1, 0.15) is 25.4 Å². The van der Waals surface area contributed by atoms with Gasteiger partial charge in [0.05, 0.1) is 6.61 Å². The first-order valence-electron chi connectivity index (χ1n) is 20.7. The standard InChI is InChI=1S/C42H74NO10P/c1-3-5-7-9-11-13-15-17-19-21-23-25-27-29-31-33-40(44)50-35-38(53-54(48,49)52-37-39(43)42(46)47)36-51-41(45)34-32-30-28-26-24-22-20-18-16-14-12-10-8-6-4-2/h11-14,17-20,38-39H,3-10,15-16,21-37,43H2,1-2H3,(H,46,47)(H,48,49)/b13-11-,14-12-,19-17-,20-18-. The van der Waals surface area contributed by atoms with Crippen molar-refractivity contribution in [3.05, 3.63) is 48.6 Å². The second-order valence-electron chi connectivity index (χ2n) is 13.8. The van der Waals surface area contributed by atoms with Gasteiger partial charge >= 0.3 is 25.7 Å². The maximum atomic E-state index is 12.5. The summed E-state index contributed by atoms with van der Waals surface area (Å²) in [7, 11) is -4.81. The molecule has 0 aliphatic heterocycles. The molecule has 0 saturated carbocycles. The molecule has 0 heterocycles. The number of carbonyl (C=O) groups is 3. The highest BCUT2D eigenvalue weighted by atomic mass is 31.2. The molecule has 0 rings (SSSR count). The molecule has 0 fully saturated rings. The van der Waals surface area contributed by atoms with Crippen molar-refractivity contribution in [3.63, 3.8) is 0 Å². The van der Waals surface area contributed by atoms with Crippen LogP contribution in [0.3, 0.4) is 0 Å². The zero-order valence-corrected chi connectivity index (χ0v) is 34.4. The first kappa shape index (κ1) is 51.4. The SMILES string of the molecule is CCCCC/C=C\C/C=C\CCCCCCCC(=O)OCC(COC(=O)CCCCCCC/C=C\C/C=C\CCCCC)OP(=O)(O)OCC(N)C(=O)O. The summed E-state index contributed by atoms with van der Waals surface area (Å²) >= 11 is 0. The number of aliphatic carboxylic acids is 1. The topological polar surface area (TPSA) is 172 Å². The molecule has 2 atom stereocenters. The molecule has 0 saturated heterocycles. The Morgan fingerprint density at radius 1 is 0.574 bits per heavy atom. The van der Waals surface area contributed by atoms with E-state index < -0.39 is 57.7 Å². The van der Waals surface area contributed by atoms with Crippen molar-refractivity contribution in [2.24, 2.45) is 5.73 Å². The average Bonchev–Trinajstić information content (AvgIpc) is 3.14. The van der Waals surface area contributed by atoms with E-state index in [0.717, 1.165) is 89.9 Å². The number of phosphoric ester groups is 1. The maximum Gasteiger partial charge on any atom is 0.472 e. The number of phosphoric acid groups is 1. The fraction of sp³-hybridized carbons (Fsp3) is 0.738. The van der Waals surface area contributed by atoms with E-state index in [0.29, 0.717) is 12.8 Å². The van der Waals surface area contributed by atoms with Crippen molar-refractivity contribution >= 4 is 25.7 Å². The average molecular weight is 784 g/mol. The van der Waals surface area contributed by atoms with Gasteiger partial charge in [-0.3, -0.25) is 23.4 Å². The first-order valence-corrected chi connectivity index (χ1v) is 22.2. The summed E-state index contributed by atoms with van der Waals surface area (Å²) in [4.78, 5) is 45.9. The molecular formula is C42H74NO10P. The third kappa shape index (κ3) is 36.4.